The number of carboxylic acid groups (broad SMARTS) is 1. The Morgan fingerprint density at radius 1 is 1.40 bits per heavy atom. The maximum atomic E-state index is 11.1. The monoisotopic (exact) mass is 344 g/mol. The van der Waals surface area contributed by atoms with Gasteiger partial charge in [-0.05, 0) is 37.8 Å². The summed E-state index contributed by atoms with van der Waals surface area (Å²) in [4.78, 5) is 11.1. The van der Waals surface area contributed by atoms with Gasteiger partial charge in [0.2, 0.25) is 0 Å². The first-order valence-corrected chi connectivity index (χ1v) is 7.27. The topological polar surface area (TPSA) is 76.0 Å². The summed E-state index contributed by atoms with van der Waals surface area (Å²) in [6.07, 6.45) is 2.43. The third kappa shape index (κ3) is 3.07. The van der Waals surface area contributed by atoms with E-state index in [1.165, 1.54) is 7.11 Å². The zero-order chi connectivity index (χ0) is 14.7. The average molecular weight is 345 g/mol. The summed E-state index contributed by atoms with van der Waals surface area (Å²) in [5.41, 5.74) is 0.198. The van der Waals surface area contributed by atoms with Crippen LogP contribution in [0.15, 0.2) is 16.6 Å². The van der Waals surface area contributed by atoms with E-state index in [4.69, 9.17) is 14.6 Å². The second-order valence-corrected chi connectivity index (χ2v) is 5.61. The van der Waals surface area contributed by atoms with Gasteiger partial charge in [0.1, 0.15) is 0 Å². The Labute approximate surface area is 125 Å². The fourth-order valence-corrected chi connectivity index (χ4v) is 2.92. The third-order valence-electron chi connectivity index (χ3n) is 3.42. The van der Waals surface area contributed by atoms with Crippen molar-refractivity contribution in [3.8, 4) is 11.5 Å². The van der Waals surface area contributed by atoms with Crippen LogP contribution in [-0.4, -0.2) is 29.4 Å². The van der Waals surface area contributed by atoms with Crippen LogP contribution < -0.4 is 9.47 Å². The Hall–Kier alpha value is -1.27. The molecule has 1 fully saturated rings. The van der Waals surface area contributed by atoms with E-state index in [9.17, 15) is 9.90 Å². The summed E-state index contributed by atoms with van der Waals surface area (Å²) >= 11 is 3.27. The molecule has 0 aliphatic heterocycles. The largest absolute Gasteiger partial charge is 0.493 e. The van der Waals surface area contributed by atoms with Gasteiger partial charge in [0.05, 0.1) is 18.8 Å². The van der Waals surface area contributed by atoms with E-state index < -0.39 is 12.1 Å². The molecule has 110 valence electrons. The highest BCUT2D eigenvalue weighted by molar-refractivity contribution is 9.10. The highest BCUT2D eigenvalue weighted by Gasteiger charge is 2.28. The van der Waals surface area contributed by atoms with Gasteiger partial charge in [-0.25, -0.2) is 4.79 Å². The summed E-state index contributed by atoms with van der Waals surface area (Å²) in [6, 6.07) is 3.33. The molecule has 1 aliphatic carbocycles. The van der Waals surface area contributed by atoms with Gasteiger partial charge in [0.25, 0.3) is 0 Å². The maximum absolute atomic E-state index is 11.1. The van der Waals surface area contributed by atoms with Gasteiger partial charge in [-0.3, -0.25) is 0 Å². The molecule has 1 aromatic rings. The van der Waals surface area contributed by atoms with Crippen molar-refractivity contribution in [2.24, 2.45) is 0 Å². The van der Waals surface area contributed by atoms with Crippen molar-refractivity contribution in [2.45, 2.75) is 37.9 Å². The minimum absolute atomic E-state index is 0.0398. The van der Waals surface area contributed by atoms with E-state index in [0.717, 1.165) is 25.7 Å². The number of hydrogen-bond acceptors (Lipinski definition) is 4. The van der Waals surface area contributed by atoms with Gasteiger partial charge < -0.3 is 19.7 Å². The first kappa shape index (κ1) is 15.1. The van der Waals surface area contributed by atoms with Gasteiger partial charge in [-0.2, -0.15) is 0 Å². The number of hydrogen-bond donors (Lipinski definition) is 2. The van der Waals surface area contributed by atoms with E-state index >= 15 is 0 Å². The van der Waals surface area contributed by atoms with Crippen LogP contribution in [0.2, 0.25) is 0 Å². The van der Waals surface area contributed by atoms with Crippen LogP contribution >= 0.6 is 15.9 Å². The standard InChI is InChI=1S/C14H17BrO5/c1-19-10-7-6-9(15)11(12(16)14(17)18)13(10)20-8-4-2-3-5-8/h6-8,12,16H,2-5H2,1H3,(H,17,18). The van der Waals surface area contributed by atoms with Crippen molar-refractivity contribution in [2.75, 3.05) is 7.11 Å². The molecule has 1 saturated carbocycles. The lowest BCUT2D eigenvalue weighted by Crippen LogP contribution is -2.17. The van der Waals surface area contributed by atoms with Crippen molar-refractivity contribution in [3.63, 3.8) is 0 Å². The molecule has 20 heavy (non-hydrogen) atoms. The SMILES string of the molecule is COc1ccc(Br)c(C(O)C(=O)O)c1OC1CCCC1. The van der Waals surface area contributed by atoms with Crippen molar-refractivity contribution in [3.05, 3.63) is 22.2 Å². The van der Waals surface area contributed by atoms with E-state index in [1.807, 2.05) is 0 Å². The first-order chi connectivity index (χ1) is 9.54. The zero-order valence-corrected chi connectivity index (χ0v) is 12.7. The molecule has 0 spiro atoms. The number of ether oxygens (including phenoxy) is 2. The fourth-order valence-electron chi connectivity index (χ4n) is 2.39. The number of aliphatic hydroxyl groups excluding tert-OH is 1. The van der Waals surface area contributed by atoms with Gasteiger partial charge in [-0.1, -0.05) is 15.9 Å². The van der Waals surface area contributed by atoms with E-state index in [2.05, 4.69) is 15.9 Å². The predicted molar refractivity (Wildman–Crippen MR) is 76.2 cm³/mol. The van der Waals surface area contributed by atoms with Crippen LogP contribution in [0.5, 0.6) is 11.5 Å². The lowest BCUT2D eigenvalue weighted by Gasteiger charge is -2.21. The van der Waals surface area contributed by atoms with E-state index in [0.29, 0.717) is 16.0 Å². The maximum Gasteiger partial charge on any atom is 0.337 e. The second-order valence-electron chi connectivity index (χ2n) is 4.76. The van der Waals surface area contributed by atoms with Crippen LogP contribution in [0.25, 0.3) is 0 Å². The highest BCUT2D eigenvalue weighted by atomic mass is 79.9. The average Bonchev–Trinajstić information content (AvgIpc) is 2.91. The van der Waals surface area contributed by atoms with Crippen LogP contribution in [0, 0.1) is 0 Å². The molecule has 2 N–H and O–H groups in total. The lowest BCUT2D eigenvalue weighted by atomic mass is 10.1. The normalized spacial score (nSPS) is 16.9. The Morgan fingerprint density at radius 3 is 2.60 bits per heavy atom. The molecular weight excluding hydrogens is 328 g/mol. The van der Waals surface area contributed by atoms with Gasteiger partial charge in [0, 0.05) is 4.47 Å². The van der Waals surface area contributed by atoms with Crippen LogP contribution in [0.3, 0.4) is 0 Å². The molecule has 5 nitrogen and oxygen atoms in total. The molecule has 0 saturated heterocycles. The summed E-state index contributed by atoms with van der Waals surface area (Å²) in [7, 11) is 1.49. The molecule has 1 aromatic carbocycles. The molecule has 0 amide bonds. The van der Waals surface area contributed by atoms with Gasteiger partial charge in [-0.15, -0.1) is 0 Å². The zero-order valence-electron chi connectivity index (χ0n) is 11.1. The number of rotatable bonds is 5. The number of aliphatic carboxylic acids is 1. The van der Waals surface area contributed by atoms with Gasteiger partial charge >= 0.3 is 5.97 Å². The summed E-state index contributed by atoms with van der Waals surface area (Å²) in [5.74, 6) is -0.589. The summed E-state index contributed by atoms with van der Waals surface area (Å²) < 4.78 is 11.6. The molecule has 0 heterocycles. The molecule has 0 radical (unpaired) electrons. The van der Waals surface area contributed by atoms with E-state index in [1.54, 1.807) is 12.1 Å². The quantitative estimate of drug-likeness (QED) is 0.858. The smallest absolute Gasteiger partial charge is 0.337 e. The van der Waals surface area contributed by atoms with Crippen LogP contribution in [0.4, 0.5) is 0 Å². The van der Waals surface area contributed by atoms with Crippen LogP contribution in [0.1, 0.15) is 37.4 Å². The summed E-state index contributed by atoms with van der Waals surface area (Å²) in [5, 5.41) is 18.9. The molecule has 6 heteroatoms. The fraction of sp³-hybridized carbons (Fsp3) is 0.500. The number of carboxylic acids is 1. The lowest BCUT2D eigenvalue weighted by molar-refractivity contribution is -0.147. The molecular formula is C14H17BrO5. The Balaban J connectivity index is 2.43. The molecule has 0 aromatic heterocycles. The third-order valence-corrected chi connectivity index (χ3v) is 4.11. The highest BCUT2D eigenvalue weighted by Crippen LogP contribution is 2.41. The van der Waals surface area contributed by atoms with Gasteiger partial charge in [0.15, 0.2) is 17.6 Å². The molecule has 0 bridgehead atoms. The Bertz CT molecular complexity index is 497. The van der Waals surface area contributed by atoms with Crippen molar-refractivity contribution in [1.29, 1.82) is 0 Å². The second kappa shape index (κ2) is 6.45. The number of benzene rings is 1. The minimum atomic E-state index is -1.66. The predicted octanol–water partition coefficient (Wildman–Crippen LogP) is 2.90. The number of halogens is 1. The van der Waals surface area contributed by atoms with E-state index in [-0.39, 0.29) is 11.7 Å². The number of carbonyl (C=O) groups is 1. The Morgan fingerprint density at radius 2 is 2.05 bits per heavy atom. The van der Waals surface area contributed by atoms with Crippen molar-refractivity contribution in [1.82, 2.24) is 0 Å². The molecule has 1 atom stereocenters. The first-order valence-electron chi connectivity index (χ1n) is 6.48. The van der Waals surface area contributed by atoms with Crippen LogP contribution in [-0.2, 0) is 4.79 Å². The number of methoxy groups -OCH3 is 1. The minimum Gasteiger partial charge on any atom is -0.493 e. The van der Waals surface area contributed by atoms with Crippen molar-refractivity contribution >= 4 is 21.9 Å². The summed E-state index contributed by atoms with van der Waals surface area (Å²) in [6.45, 7) is 0. The Kier molecular flexibility index (Phi) is 4.88. The van der Waals surface area contributed by atoms with Crippen molar-refractivity contribution < 1.29 is 24.5 Å². The number of aliphatic hydroxyl groups is 1. The molecule has 2 rings (SSSR count). The molecule has 1 unspecified atom stereocenters. The molecule has 1 aliphatic rings.